The Morgan fingerprint density at radius 2 is 2.00 bits per heavy atom. The zero-order chi connectivity index (χ0) is 13.4. The SMILES string of the molecule is c1nc(N2CCCC3CCCCC32)sc1CNC1CC1. The summed E-state index contributed by atoms with van der Waals surface area (Å²) in [6.45, 7) is 2.24. The van der Waals surface area contributed by atoms with Gasteiger partial charge >= 0.3 is 0 Å². The van der Waals surface area contributed by atoms with Crippen LogP contribution in [0, 0.1) is 5.92 Å². The van der Waals surface area contributed by atoms with Crippen molar-refractivity contribution in [2.75, 3.05) is 11.4 Å². The van der Waals surface area contributed by atoms with Gasteiger partial charge in [0.1, 0.15) is 0 Å². The number of nitrogens with one attached hydrogen (secondary N) is 1. The normalized spacial score (nSPS) is 30.3. The Kier molecular flexibility index (Phi) is 3.69. The van der Waals surface area contributed by atoms with Crippen molar-refractivity contribution in [3.8, 4) is 0 Å². The monoisotopic (exact) mass is 291 g/mol. The molecular formula is C16H25N3S. The Bertz CT molecular complexity index is 452. The van der Waals surface area contributed by atoms with E-state index >= 15 is 0 Å². The smallest absolute Gasteiger partial charge is 0.185 e. The molecule has 110 valence electrons. The van der Waals surface area contributed by atoms with Crippen LogP contribution >= 0.6 is 11.3 Å². The Labute approximate surface area is 125 Å². The van der Waals surface area contributed by atoms with Crippen molar-refractivity contribution in [2.24, 2.45) is 5.92 Å². The number of fused-ring (bicyclic) bond motifs is 1. The molecule has 0 radical (unpaired) electrons. The molecule has 2 saturated carbocycles. The molecule has 1 aromatic rings. The van der Waals surface area contributed by atoms with E-state index in [-0.39, 0.29) is 0 Å². The molecule has 4 rings (SSSR count). The van der Waals surface area contributed by atoms with Gasteiger partial charge in [-0.25, -0.2) is 4.98 Å². The molecule has 2 unspecified atom stereocenters. The van der Waals surface area contributed by atoms with E-state index in [1.807, 2.05) is 11.3 Å². The van der Waals surface area contributed by atoms with Crippen LogP contribution in [0.3, 0.4) is 0 Å². The largest absolute Gasteiger partial charge is 0.345 e. The van der Waals surface area contributed by atoms with Crippen molar-refractivity contribution in [3.63, 3.8) is 0 Å². The van der Waals surface area contributed by atoms with Crippen LogP contribution in [-0.4, -0.2) is 23.6 Å². The standard InChI is InChI=1S/C16H25N3S/c1-2-6-15-12(4-1)5-3-9-19(15)16-18-11-14(20-16)10-17-13-7-8-13/h11-13,15,17H,1-10H2. The lowest BCUT2D eigenvalue weighted by Crippen LogP contribution is -2.46. The first kappa shape index (κ1) is 13.1. The summed E-state index contributed by atoms with van der Waals surface area (Å²) in [5, 5.41) is 4.88. The van der Waals surface area contributed by atoms with Gasteiger partial charge in [0.25, 0.3) is 0 Å². The summed E-state index contributed by atoms with van der Waals surface area (Å²) < 4.78 is 0. The van der Waals surface area contributed by atoms with Gasteiger partial charge in [0.15, 0.2) is 5.13 Å². The van der Waals surface area contributed by atoms with E-state index in [1.165, 1.54) is 67.9 Å². The van der Waals surface area contributed by atoms with Crippen LogP contribution in [0.15, 0.2) is 6.20 Å². The van der Waals surface area contributed by atoms with E-state index in [2.05, 4.69) is 16.4 Å². The van der Waals surface area contributed by atoms with Crippen molar-refractivity contribution in [1.29, 1.82) is 0 Å². The van der Waals surface area contributed by atoms with Crippen LogP contribution in [0.2, 0.25) is 0 Å². The van der Waals surface area contributed by atoms with Gasteiger partial charge < -0.3 is 10.2 Å². The predicted molar refractivity (Wildman–Crippen MR) is 84.3 cm³/mol. The maximum atomic E-state index is 4.73. The van der Waals surface area contributed by atoms with Crippen LogP contribution in [-0.2, 0) is 6.54 Å². The number of rotatable bonds is 4. The summed E-state index contributed by atoms with van der Waals surface area (Å²) in [6.07, 6.45) is 13.3. The number of hydrogen-bond acceptors (Lipinski definition) is 4. The lowest BCUT2D eigenvalue weighted by atomic mass is 9.78. The van der Waals surface area contributed by atoms with E-state index < -0.39 is 0 Å². The fourth-order valence-corrected chi connectivity index (χ4v) is 4.85. The molecule has 0 amide bonds. The first-order chi connectivity index (χ1) is 9.90. The van der Waals surface area contributed by atoms with Gasteiger partial charge in [-0.15, -0.1) is 11.3 Å². The van der Waals surface area contributed by atoms with Gasteiger partial charge in [0.05, 0.1) is 0 Å². The average molecular weight is 291 g/mol. The third-order valence-electron chi connectivity index (χ3n) is 5.17. The van der Waals surface area contributed by atoms with Crippen molar-refractivity contribution in [1.82, 2.24) is 10.3 Å². The molecule has 3 fully saturated rings. The second-order valence-electron chi connectivity index (χ2n) is 6.71. The molecule has 1 N–H and O–H groups in total. The fraction of sp³-hybridized carbons (Fsp3) is 0.812. The molecule has 3 nitrogen and oxygen atoms in total. The Hall–Kier alpha value is -0.610. The molecule has 1 aromatic heterocycles. The third kappa shape index (κ3) is 2.73. The second-order valence-corrected chi connectivity index (χ2v) is 7.81. The van der Waals surface area contributed by atoms with E-state index in [1.54, 1.807) is 0 Å². The van der Waals surface area contributed by atoms with Crippen LogP contribution < -0.4 is 10.2 Å². The first-order valence-electron chi connectivity index (χ1n) is 8.35. The van der Waals surface area contributed by atoms with Crippen LogP contribution in [0.1, 0.15) is 56.2 Å². The zero-order valence-electron chi connectivity index (χ0n) is 12.2. The summed E-state index contributed by atoms with van der Waals surface area (Å²) in [6, 6.07) is 1.58. The average Bonchev–Trinajstić information content (AvgIpc) is 3.21. The number of anilines is 1. The maximum absolute atomic E-state index is 4.73. The Morgan fingerprint density at radius 1 is 1.15 bits per heavy atom. The summed E-state index contributed by atoms with van der Waals surface area (Å²) in [4.78, 5) is 8.78. The van der Waals surface area contributed by atoms with Crippen molar-refractivity contribution < 1.29 is 0 Å². The summed E-state index contributed by atoms with van der Waals surface area (Å²) in [5.41, 5.74) is 0. The fourth-order valence-electron chi connectivity index (χ4n) is 3.91. The van der Waals surface area contributed by atoms with Gasteiger partial charge in [-0.1, -0.05) is 12.8 Å². The zero-order valence-corrected chi connectivity index (χ0v) is 13.0. The van der Waals surface area contributed by atoms with Crippen molar-refractivity contribution >= 4 is 16.5 Å². The molecule has 1 aliphatic heterocycles. The lowest BCUT2D eigenvalue weighted by molar-refractivity contribution is 0.243. The Morgan fingerprint density at radius 3 is 2.90 bits per heavy atom. The van der Waals surface area contributed by atoms with E-state index in [4.69, 9.17) is 4.98 Å². The van der Waals surface area contributed by atoms with Crippen LogP contribution in [0.5, 0.6) is 0 Å². The van der Waals surface area contributed by atoms with Crippen molar-refractivity contribution in [3.05, 3.63) is 11.1 Å². The molecule has 3 aliphatic rings. The molecule has 4 heteroatoms. The van der Waals surface area contributed by atoms with E-state index in [0.717, 1.165) is 24.5 Å². The van der Waals surface area contributed by atoms with Gasteiger partial charge in [-0.05, 0) is 44.4 Å². The van der Waals surface area contributed by atoms with E-state index in [9.17, 15) is 0 Å². The Balaban J connectivity index is 1.44. The highest BCUT2D eigenvalue weighted by atomic mass is 32.1. The third-order valence-corrected chi connectivity index (χ3v) is 6.21. The molecule has 2 heterocycles. The van der Waals surface area contributed by atoms with Gasteiger partial charge in [0.2, 0.25) is 0 Å². The quantitative estimate of drug-likeness (QED) is 0.919. The molecular weight excluding hydrogens is 266 g/mol. The summed E-state index contributed by atoms with van der Waals surface area (Å²) in [7, 11) is 0. The summed E-state index contributed by atoms with van der Waals surface area (Å²) in [5.74, 6) is 0.939. The molecule has 2 atom stereocenters. The minimum Gasteiger partial charge on any atom is -0.345 e. The van der Waals surface area contributed by atoms with Gasteiger partial charge in [0, 0.05) is 36.2 Å². The molecule has 0 spiro atoms. The highest BCUT2D eigenvalue weighted by molar-refractivity contribution is 7.15. The number of hydrogen-bond donors (Lipinski definition) is 1. The topological polar surface area (TPSA) is 28.2 Å². The molecule has 0 aromatic carbocycles. The number of aromatic nitrogens is 1. The van der Waals surface area contributed by atoms with Crippen LogP contribution in [0.25, 0.3) is 0 Å². The number of piperidine rings is 1. The van der Waals surface area contributed by atoms with E-state index in [0.29, 0.717) is 0 Å². The molecule has 20 heavy (non-hydrogen) atoms. The minimum absolute atomic E-state index is 0.785. The lowest BCUT2D eigenvalue weighted by Gasteiger charge is -2.44. The first-order valence-corrected chi connectivity index (χ1v) is 9.16. The highest BCUT2D eigenvalue weighted by Gasteiger charge is 2.34. The van der Waals surface area contributed by atoms with Gasteiger partial charge in [-0.2, -0.15) is 0 Å². The van der Waals surface area contributed by atoms with Crippen LogP contribution in [0.4, 0.5) is 5.13 Å². The second kappa shape index (κ2) is 5.64. The maximum Gasteiger partial charge on any atom is 0.185 e. The van der Waals surface area contributed by atoms with Gasteiger partial charge in [-0.3, -0.25) is 0 Å². The highest BCUT2D eigenvalue weighted by Crippen LogP contribution is 2.39. The minimum atomic E-state index is 0.785. The van der Waals surface area contributed by atoms with Crippen molar-refractivity contribution in [2.45, 2.75) is 70.0 Å². The number of nitrogens with zero attached hydrogens (tertiary/aromatic N) is 2. The molecule has 0 bridgehead atoms. The molecule has 1 saturated heterocycles. The number of thiazole rings is 1. The predicted octanol–water partition coefficient (Wildman–Crippen LogP) is 3.55. The molecule has 2 aliphatic carbocycles. The summed E-state index contributed by atoms with van der Waals surface area (Å²) >= 11 is 1.92.